The van der Waals surface area contributed by atoms with Crippen LogP contribution in [0.5, 0.6) is 5.75 Å². The summed E-state index contributed by atoms with van der Waals surface area (Å²) in [5.41, 5.74) is 6.60. The highest BCUT2D eigenvalue weighted by atomic mass is 19.4. The topological polar surface area (TPSA) is 90.5 Å². The van der Waals surface area contributed by atoms with Gasteiger partial charge in [0, 0.05) is 17.7 Å². The number of likely N-dealkylation sites (tertiary alicyclic amines) is 1. The molecule has 2 heterocycles. The van der Waals surface area contributed by atoms with E-state index in [1.807, 2.05) is 0 Å². The number of hydrogen-bond acceptors (Lipinski definition) is 5. The Morgan fingerprint density at radius 2 is 2.06 bits per heavy atom. The summed E-state index contributed by atoms with van der Waals surface area (Å²) in [5.74, 6) is -0.451. The molecule has 10 heteroatoms. The molecular formula is C22H23F3N4O3. The highest BCUT2D eigenvalue weighted by Gasteiger charge is 2.42. The van der Waals surface area contributed by atoms with E-state index in [0.29, 0.717) is 27.3 Å². The van der Waals surface area contributed by atoms with Crippen LogP contribution in [0.2, 0.25) is 0 Å². The van der Waals surface area contributed by atoms with Crippen LogP contribution in [0.1, 0.15) is 47.3 Å². The molecule has 2 aliphatic rings. The zero-order valence-corrected chi connectivity index (χ0v) is 17.6. The molecule has 1 amide bonds. The van der Waals surface area contributed by atoms with Crippen LogP contribution in [-0.2, 0) is 22.3 Å². The maximum absolute atomic E-state index is 13.6. The van der Waals surface area contributed by atoms with Gasteiger partial charge in [0.25, 0.3) is 0 Å². The highest BCUT2D eigenvalue weighted by molar-refractivity contribution is 6.03. The van der Waals surface area contributed by atoms with Gasteiger partial charge in [-0.25, -0.2) is 0 Å². The minimum absolute atomic E-state index is 0.000209. The monoisotopic (exact) mass is 448 g/mol. The normalized spacial score (nSPS) is 20.3. The van der Waals surface area contributed by atoms with Crippen molar-refractivity contribution in [3.05, 3.63) is 58.6 Å². The fraction of sp³-hybridized carbons (Fsp3) is 0.409. The number of alkyl halides is 3. The van der Waals surface area contributed by atoms with Gasteiger partial charge in [-0.05, 0) is 43.0 Å². The Morgan fingerprint density at radius 3 is 2.66 bits per heavy atom. The van der Waals surface area contributed by atoms with E-state index < -0.39 is 30.4 Å². The number of nitrogens with zero attached hydrogens (tertiary/aromatic N) is 3. The first-order chi connectivity index (χ1) is 15.2. The summed E-state index contributed by atoms with van der Waals surface area (Å²) in [6.45, 7) is 0.873. The first-order valence-corrected chi connectivity index (χ1v) is 10.2. The van der Waals surface area contributed by atoms with Crippen LogP contribution in [0.15, 0.2) is 36.0 Å². The number of amides is 1. The number of aromatic nitrogens is 2. The molecule has 0 unspecified atom stereocenters. The summed E-state index contributed by atoms with van der Waals surface area (Å²) >= 11 is 0. The molecule has 1 saturated heterocycles. The van der Waals surface area contributed by atoms with Gasteiger partial charge in [0.05, 0.1) is 25.4 Å². The standard InChI is InChI=1S/C22H23F3N4O3/c1-12-14(4-3-5-18(12)32-2)21-15(9-26)17(30)10-28(21)20(31)11-29-19(22(23,24)25)8-16(27-29)13-6-7-13/h3-5,8-9,13,21H,6-7,10-11,26H2,1-2H3/b15-9+/t21-/m1/s1. The van der Waals surface area contributed by atoms with Crippen molar-refractivity contribution in [1.82, 2.24) is 14.7 Å². The zero-order chi connectivity index (χ0) is 23.2. The number of carbonyl (C=O) groups is 2. The minimum atomic E-state index is -4.65. The number of hydrogen-bond donors (Lipinski definition) is 1. The summed E-state index contributed by atoms with van der Waals surface area (Å²) < 4.78 is 46.7. The van der Waals surface area contributed by atoms with Gasteiger partial charge in [-0.1, -0.05) is 12.1 Å². The third-order valence-corrected chi connectivity index (χ3v) is 5.95. The lowest BCUT2D eigenvalue weighted by Crippen LogP contribution is -2.35. The third kappa shape index (κ3) is 3.85. The molecule has 1 aliphatic heterocycles. The van der Waals surface area contributed by atoms with E-state index >= 15 is 0 Å². The van der Waals surface area contributed by atoms with Gasteiger partial charge in [0.2, 0.25) is 5.91 Å². The first-order valence-electron chi connectivity index (χ1n) is 10.2. The van der Waals surface area contributed by atoms with Crippen LogP contribution < -0.4 is 10.5 Å². The van der Waals surface area contributed by atoms with E-state index in [2.05, 4.69) is 5.10 Å². The number of ketones is 1. The van der Waals surface area contributed by atoms with Crippen LogP contribution in [0, 0.1) is 6.92 Å². The number of carbonyl (C=O) groups excluding carboxylic acids is 2. The summed E-state index contributed by atoms with van der Waals surface area (Å²) in [4.78, 5) is 27.0. The Balaban J connectivity index is 1.69. The molecule has 1 atom stereocenters. The molecule has 1 aromatic heterocycles. The molecule has 4 rings (SSSR count). The van der Waals surface area contributed by atoms with Gasteiger partial charge in [-0.15, -0.1) is 0 Å². The average Bonchev–Trinajstić information content (AvgIpc) is 3.41. The predicted molar refractivity (Wildman–Crippen MR) is 109 cm³/mol. The summed E-state index contributed by atoms with van der Waals surface area (Å²) in [6.07, 6.45) is -1.93. The molecule has 1 saturated carbocycles. The Bertz CT molecular complexity index is 1100. The van der Waals surface area contributed by atoms with Crippen LogP contribution in [0.25, 0.3) is 0 Å². The summed E-state index contributed by atoms with van der Waals surface area (Å²) in [5, 5.41) is 4.06. The maximum atomic E-state index is 13.6. The van der Waals surface area contributed by atoms with Crippen molar-refractivity contribution in [2.45, 2.75) is 44.4 Å². The van der Waals surface area contributed by atoms with Crippen molar-refractivity contribution in [3.63, 3.8) is 0 Å². The van der Waals surface area contributed by atoms with Gasteiger partial charge in [0.1, 0.15) is 18.0 Å². The van der Waals surface area contributed by atoms with E-state index in [-0.39, 0.29) is 23.8 Å². The molecule has 2 N–H and O–H groups in total. The van der Waals surface area contributed by atoms with Crippen molar-refractivity contribution >= 4 is 11.7 Å². The van der Waals surface area contributed by atoms with Crippen molar-refractivity contribution in [1.29, 1.82) is 0 Å². The second-order valence-corrected chi connectivity index (χ2v) is 8.03. The Hall–Kier alpha value is -3.30. The van der Waals surface area contributed by atoms with Crippen molar-refractivity contribution in [2.75, 3.05) is 13.7 Å². The lowest BCUT2D eigenvalue weighted by molar-refractivity contribution is -0.146. The van der Waals surface area contributed by atoms with Crippen LogP contribution in [0.4, 0.5) is 13.2 Å². The molecule has 0 bridgehead atoms. The third-order valence-electron chi connectivity index (χ3n) is 5.95. The summed E-state index contributed by atoms with van der Waals surface area (Å²) in [6, 6.07) is 5.40. The Morgan fingerprint density at radius 1 is 1.34 bits per heavy atom. The van der Waals surface area contributed by atoms with Gasteiger partial charge < -0.3 is 15.4 Å². The van der Waals surface area contributed by atoms with Gasteiger partial charge >= 0.3 is 6.18 Å². The molecule has 1 aromatic carbocycles. The van der Waals surface area contributed by atoms with Crippen molar-refractivity contribution < 1.29 is 27.5 Å². The molecule has 0 radical (unpaired) electrons. The second-order valence-electron chi connectivity index (χ2n) is 8.03. The highest BCUT2D eigenvalue weighted by Crippen LogP contribution is 2.42. The molecule has 0 spiro atoms. The molecular weight excluding hydrogens is 425 g/mol. The largest absolute Gasteiger partial charge is 0.496 e. The lowest BCUT2D eigenvalue weighted by Gasteiger charge is -2.27. The van der Waals surface area contributed by atoms with Crippen LogP contribution >= 0.6 is 0 Å². The fourth-order valence-electron chi connectivity index (χ4n) is 4.14. The molecule has 32 heavy (non-hydrogen) atoms. The van der Waals surface area contributed by atoms with E-state index in [1.54, 1.807) is 25.1 Å². The van der Waals surface area contributed by atoms with Crippen LogP contribution in [-0.4, -0.2) is 40.0 Å². The van der Waals surface area contributed by atoms with E-state index in [4.69, 9.17) is 10.5 Å². The van der Waals surface area contributed by atoms with Gasteiger partial charge in [-0.2, -0.15) is 18.3 Å². The number of rotatable bonds is 5. The Labute approximate surface area is 182 Å². The Kier molecular flexibility index (Phi) is 5.47. The SMILES string of the molecule is COc1cccc([C@@H]2/C(=C/N)C(=O)CN2C(=O)Cn2nc(C3CC3)cc2C(F)(F)F)c1C. The maximum Gasteiger partial charge on any atom is 0.433 e. The van der Waals surface area contributed by atoms with E-state index in [9.17, 15) is 22.8 Å². The lowest BCUT2D eigenvalue weighted by atomic mass is 9.95. The molecule has 2 aromatic rings. The van der Waals surface area contributed by atoms with Crippen molar-refractivity contribution in [3.8, 4) is 5.75 Å². The van der Waals surface area contributed by atoms with Gasteiger partial charge in [-0.3, -0.25) is 14.3 Å². The summed E-state index contributed by atoms with van der Waals surface area (Å²) in [7, 11) is 1.50. The van der Waals surface area contributed by atoms with E-state index in [0.717, 1.165) is 25.1 Å². The second kappa shape index (κ2) is 7.99. The fourth-order valence-corrected chi connectivity index (χ4v) is 4.14. The van der Waals surface area contributed by atoms with Crippen LogP contribution in [0.3, 0.4) is 0 Å². The molecule has 2 fully saturated rings. The molecule has 7 nitrogen and oxygen atoms in total. The van der Waals surface area contributed by atoms with E-state index in [1.165, 1.54) is 12.0 Å². The number of Topliss-reactive ketones (excluding diaryl/α,β-unsaturated/α-hetero) is 1. The zero-order valence-electron chi connectivity index (χ0n) is 17.6. The number of ether oxygens (including phenoxy) is 1. The van der Waals surface area contributed by atoms with Crippen molar-refractivity contribution in [2.24, 2.45) is 5.73 Å². The minimum Gasteiger partial charge on any atom is -0.496 e. The predicted octanol–water partition coefficient (Wildman–Crippen LogP) is 3.09. The number of halogens is 3. The average molecular weight is 448 g/mol. The number of benzene rings is 1. The first kappa shape index (κ1) is 21.9. The number of methoxy groups -OCH3 is 1. The van der Waals surface area contributed by atoms with Gasteiger partial charge in [0.15, 0.2) is 5.78 Å². The smallest absolute Gasteiger partial charge is 0.433 e. The molecule has 1 aliphatic carbocycles. The quantitative estimate of drug-likeness (QED) is 0.710. The number of nitrogens with two attached hydrogens (primary N) is 1. The molecule has 170 valence electrons.